The summed E-state index contributed by atoms with van der Waals surface area (Å²) >= 11 is 5.62. The lowest BCUT2D eigenvalue weighted by molar-refractivity contribution is 0.256. The molecular weight excluding hydrogens is 286 g/mol. The summed E-state index contributed by atoms with van der Waals surface area (Å²) in [6.45, 7) is 1.54. The molecule has 0 saturated carbocycles. The second-order valence-corrected chi connectivity index (χ2v) is 6.84. The van der Waals surface area contributed by atoms with Gasteiger partial charge in [0.05, 0.1) is 12.4 Å². The Bertz CT molecular complexity index is 464. The minimum Gasteiger partial charge on any atom is -0.395 e. The molecule has 0 fully saturated rings. The Hall–Kier alpha value is -0.620. The molecule has 0 heterocycles. The lowest BCUT2D eigenvalue weighted by Gasteiger charge is -2.18. The Morgan fingerprint density at radius 2 is 1.95 bits per heavy atom. The van der Waals surface area contributed by atoms with Crippen LogP contribution in [-0.4, -0.2) is 37.8 Å². The number of halogens is 1. The van der Waals surface area contributed by atoms with E-state index >= 15 is 0 Å². The molecule has 1 rings (SSSR count). The molecule has 4 nitrogen and oxygen atoms in total. The minimum absolute atomic E-state index is 0.0260. The van der Waals surface area contributed by atoms with Crippen LogP contribution in [-0.2, 0) is 16.4 Å². The molecule has 0 amide bonds. The molecule has 2 atom stereocenters. The number of benzene rings is 1. The third-order valence-electron chi connectivity index (χ3n) is 2.66. The number of aliphatic hydroxyl groups excluding tert-OH is 1. The van der Waals surface area contributed by atoms with Crippen LogP contribution in [0.3, 0.4) is 0 Å². The topological polar surface area (TPSA) is 66.4 Å². The maximum atomic E-state index is 11.9. The van der Waals surface area contributed by atoms with Gasteiger partial charge >= 0.3 is 0 Å². The van der Waals surface area contributed by atoms with Gasteiger partial charge in [-0.05, 0) is 17.9 Å². The molecule has 0 spiro atoms. The molecule has 0 bridgehead atoms. The van der Waals surface area contributed by atoms with Crippen LogP contribution in [0.2, 0.25) is 0 Å². The molecule has 19 heavy (non-hydrogen) atoms. The van der Waals surface area contributed by atoms with E-state index in [1.54, 1.807) is 6.92 Å². The molecule has 6 heteroatoms. The van der Waals surface area contributed by atoms with Gasteiger partial charge in [0, 0.05) is 11.9 Å². The largest absolute Gasteiger partial charge is 0.395 e. The maximum Gasteiger partial charge on any atom is 0.212 e. The van der Waals surface area contributed by atoms with E-state index < -0.39 is 16.1 Å². The SMILES string of the molecule is CC(CCl)CS(=O)(=O)N[C@H](CO)Cc1ccccc1. The van der Waals surface area contributed by atoms with Crippen molar-refractivity contribution in [3.8, 4) is 0 Å². The summed E-state index contributed by atoms with van der Waals surface area (Å²) < 4.78 is 26.3. The molecule has 0 saturated heterocycles. The molecule has 0 aliphatic carbocycles. The van der Waals surface area contributed by atoms with Gasteiger partial charge in [0.15, 0.2) is 0 Å². The zero-order valence-electron chi connectivity index (χ0n) is 10.9. The zero-order chi connectivity index (χ0) is 14.3. The highest BCUT2D eigenvalue weighted by Crippen LogP contribution is 2.06. The van der Waals surface area contributed by atoms with Crippen molar-refractivity contribution >= 4 is 21.6 Å². The first-order valence-corrected chi connectivity index (χ1v) is 8.36. The Morgan fingerprint density at radius 1 is 1.32 bits per heavy atom. The van der Waals surface area contributed by atoms with Gasteiger partial charge in [-0.1, -0.05) is 37.3 Å². The fourth-order valence-electron chi connectivity index (χ4n) is 1.76. The smallest absolute Gasteiger partial charge is 0.212 e. The van der Waals surface area contributed by atoms with E-state index in [9.17, 15) is 13.5 Å². The summed E-state index contributed by atoms with van der Waals surface area (Å²) in [6.07, 6.45) is 0.464. The first kappa shape index (κ1) is 16.4. The number of nitrogens with one attached hydrogen (secondary N) is 1. The van der Waals surface area contributed by atoms with Crippen LogP contribution < -0.4 is 4.72 Å². The van der Waals surface area contributed by atoms with E-state index in [0.29, 0.717) is 12.3 Å². The van der Waals surface area contributed by atoms with Gasteiger partial charge in [-0.3, -0.25) is 0 Å². The fraction of sp³-hybridized carbons (Fsp3) is 0.538. The Labute approximate surface area is 119 Å². The molecule has 0 aromatic heterocycles. The van der Waals surface area contributed by atoms with Gasteiger partial charge in [0.25, 0.3) is 0 Å². The highest BCUT2D eigenvalue weighted by atomic mass is 35.5. The lowest BCUT2D eigenvalue weighted by Crippen LogP contribution is -2.41. The van der Waals surface area contributed by atoms with Gasteiger partial charge in [-0.15, -0.1) is 11.6 Å². The van der Waals surface area contributed by atoms with Crippen LogP contribution >= 0.6 is 11.6 Å². The minimum atomic E-state index is -3.42. The first-order valence-electron chi connectivity index (χ1n) is 6.17. The normalized spacial score (nSPS) is 15.1. The third-order valence-corrected chi connectivity index (χ3v) is 4.89. The number of rotatable bonds is 8. The van der Waals surface area contributed by atoms with Crippen molar-refractivity contribution in [2.75, 3.05) is 18.2 Å². The summed E-state index contributed by atoms with van der Waals surface area (Å²) in [5.74, 6) is 0.154. The molecule has 0 aliphatic rings. The maximum absolute atomic E-state index is 11.9. The second-order valence-electron chi connectivity index (χ2n) is 4.73. The molecule has 1 unspecified atom stereocenters. The predicted molar refractivity (Wildman–Crippen MR) is 77.8 cm³/mol. The molecule has 1 aromatic carbocycles. The Balaban J connectivity index is 2.61. The van der Waals surface area contributed by atoms with Crippen molar-refractivity contribution in [2.24, 2.45) is 5.92 Å². The van der Waals surface area contributed by atoms with Crippen LogP contribution in [0.15, 0.2) is 30.3 Å². The van der Waals surface area contributed by atoms with E-state index in [-0.39, 0.29) is 18.3 Å². The van der Waals surface area contributed by atoms with Crippen molar-refractivity contribution in [1.29, 1.82) is 0 Å². The summed E-state index contributed by atoms with van der Waals surface area (Å²) in [6, 6.07) is 8.96. The van der Waals surface area contributed by atoms with Crippen LogP contribution in [0.1, 0.15) is 12.5 Å². The Kier molecular flexibility index (Phi) is 6.79. The number of hydrogen-bond donors (Lipinski definition) is 2. The van der Waals surface area contributed by atoms with E-state index in [4.69, 9.17) is 11.6 Å². The molecule has 108 valence electrons. The molecule has 1 aromatic rings. The lowest BCUT2D eigenvalue weighted by atomic mass is 10.1. The second kappa shape index (κ2) is 7.85. The highest BCUT2D eigenvalue weighted by molar-refractivity contribution is 7.89. The number of sulfonamides is 1. The first-order chi connectivity index (χ1) is 8.96. The van der Waals surface area contributed by atoms with Crippen molar-refractivity contribution in [3.63, 3.8) is 0 Å². The molecular formula is C13H20ClNO3S. The number of alkyl halides is 1. The van der Waals surface area contributed by atoms with Crippen molar-refractivity contribution in [2.45, 2.75) is 19.4 Å². The number of hydrogen-bond acceptors (Lipinski definition) is 3. The van der Waals surface area contributed by atoms with E-state index in [1.165, 1.54) is 0 Å². The molecule has 2 N–H and O–H groups in total. The highest BCUT2D eigenvalue weighted by Gasteiger charge is 2.20. The van der Waals surface area contributed by atoms with Crippen molar-refractivity contribution in [3.05, 3.63) is 35.9 Å². The number of aliphatic hydroxyl groups is 1. The van der Waals surface area contributed by atoms with Crippen LogP contribution in [0.25, 0.3) is 0 Å². The zero-order valence-corrected chi connectivity index (χ0v) is 12.5. The molecule has 0 radical (unpaired) electrons. The predicted octanol–water partition coefficient (Wildman–Crippen LogP) is 1.38. The molecule has 0 aliphatic heterocycles. The van der Waals surface area contributed by atoms with Crippen LogP contribution in [0.4, 0.5) is 0 Å². The monoisotopic (exact) mass is 305 g/mol. The van der Waals surface area contributed by atoms with E-state index in [1.807, 2.05) is 30.3 Å². The van der Waals surface area contributed by atoms with Gasteiger partial charge in [0.2, 0.25) is 10.0 Å². The van der Waals surface area contributed by atoms with E-state index in [2.05, 4.69) is 4.72 Å². The van der Waals surface area contributed by atoms with Crippen molar-refractivity contribution < 1.29 is 13.5 Å². The quantitative estimate of drug-likeness (QED) is 0.713. The van der Waals surface area contributed by atoms with Gasteiger partial charge < -0.3 is 5.11 Å². The fourth-order valence-corrected chi connectivity index (χ4v) is 3.63. The van der Waals surface area contributed by atoms with Crippen LogP contribution in [0, 0.1) is 5.92 Å². The van der Waals surface area contributed by atoms with E-state index in [0.717, 1.165) is 5.56 Å². The average molecular weight is 306 g/mol. The van der Waals surface area contributed by atoms with Gasteiger partial charge in [-0.25, -0.2) is 13.1 Å². The summed E-state index contributed by atoms with van der Waals surface area (Å²) in [5, 5.41) is 9.29. The van der Waals surface area contributed by atoms with Crippen molar-refractivity contribution in [1.82, 2.24) is 4.72 Å². The summed E-state index contributed by atoms with van der Waals surface area (Å²) in [5.41, 5.74) is 0.981. The summed E-state index contributed by atoms with van der Waals surface area (Å²) in [4.78, 5) is 0. The Morgan fingerprint density at radius 3 is 2.47 bits per heavy atom. The van der Waals surface area contributed by atoms with Crippen LogP contribution in [0.5, 0.6) is 0 Å². The standard InChI is InChI=1S/C13H20ClNO3S/c1-11(8-14)10-19(17,18)15-13(9-16)7-12-5-3-2-4-6-12/h2-6,11,13,15-16H,7-10H2,1H3/t11?,13-/m0/s1. The summed E-state index contributed by atoms with van der Waals surface area (Å²) in [7, 11) is -3.42. The third kappa shape index (κ3) is 6.38. The van der Waals surface area contributed by atoms with Gasteiger partial charge in [0.1, 0.15) is 0 Å². The van der Waals surface area contributed by atoms with Gasteiger partial charge in [-0.2, -0.15) is 0 Å². The average Bonchev–Trinajstić information content (AvgIpc) is 2.38.